The van der Waals surface area contributed by atoms with E-state index in [4.69, 9.17) is 27.9 Å². The van der Waals surface area contributed by atoms with E-state index in [0.717, 1.165) is 17.7 Å². The molecule has 0 unspecified atom stereocenters. The minimum absolute atomic E-state index is 0.0809. The topological polar surface area (TPSA) is 92.8 Å². The number of sulfonamides is 1. The Morgan fingerprint density at radius 2 is 1.75 bits per heavy atom. The molecule has 11 heteroatoms. The van der Waals surface area contributed by atoms with Crippen molar-refractivity contribution in [3.05, 3.63) is 93.7 Å². The van der Waals surface area contributed by atoms with Crippen molar-refractivity contribution in [2.75, 3.05) is 18.5 Å². The number of halogens is 3. The van der Waals surface area contributed by atoms with Crippen molar-refractivity contribution in [3.8, 4) is 0 Å². The molecule has 0 bridgehead atoms. The molecule has 0 radical (unpaired) electrons. The van der Waals surface area contributed by atoms with Gasteiger partial charge < -0.3 is 10.1 Å². The lowest BCUT2D eigenvalue weighted by atomic mass is 9.92. The van der Waals surface area contributed by atoms with Crippen LogP contribution in [-0.2, 0) is 30.8 Å². The standard InChI is InChI=1S/C25H21Cl2FN2O5S/c26-21-10-7-18(13-22(21)27)29-24(31)15-35-25(32)14-23-20-4-2-1-3-16(20)11-12-30(23)36(33,34)19-8-5-17(28)6-9-19/h1-10,13,23H,11-12,14-15H2,(H,29,31)/t23-/m0/s1. The van der Waals surface area contributed by atoms with Gasteiger partial charge in [-0.2, -0.15) is 4.31 Å². The molecule has 7 nitrogen and oxygen atoms in total. The minimum atomic E-state index is -4.04. The second kappa shape index (κ2) is 11.0. The minimum Gasteiger partial charge on any atom is -0.456 e. The number of carbonyl (C=O) groups is 2. The van der Waals surface area contributed by atoms with Gasteiger partial charge in [-0.1, -0.05) is 47.5 Å². The van der Waals surface area contributed by atoms with Crippen LogP contribution in [0.15, 0.2) is 71.6 Å². The number of esters is 1. The van der Waals surface area contributed by atoms with Crippen molar-refractivity contribution >= 4 is 50.8 Å². The molecule has 36 heavy (non-hydrogen) atoms. The molecule has 188 valence electrons. The SMILES string of the molecule is O=C(COC(=O)C[C@H]1c2ccccc2CCN1S(=O)(=O)c1ccc(F)cc1)Nc1ccc(Cl)c(Cl)c1. The van der Waals surface area contributed by atoms with E-state index >= 15 is 0 Å². The number of fused-ring (bicyclic) bond motifs is 1. The van der Waals surface area contributed by atoms with Crippen molar-refractivity contribution < 1.29 is 27.1 Å². The molecule has 1 N–H and O–H groups in total. The predicted molar refractivity (Wildman–Crippen MR) is 134 cm³/mol. The van der Waals surface area contributed by atoms with Crippen LogP contribution >= 0.6 is 23.2 Å². The van der Waals surface area contributed by atoms with Gasteiger partial charge in [0.05, 0.1) is 27.4 Å². The van der Waals surface area contributed by atoms with Gasteiger partial charge in [0.1, 0.15) is 5.82 Å². The molecule has 0 saturated heterocycles. The monoisotopic (exact) mass is 550 g/mol. The Bertz CT molecular complexity index is 1400. The van der Waals surface area contributed by atoms with Gasteiger partial charge in [-0.3, -0.25) is 9.59 Å². The van der Waals surface area contributed by atoms with Crippen LogP contribution in [-0.4, -0.2) is 37.8 Å². The number of hydrogen-bond donors (Lipinski definition) is 1. The summed E-state index contributed by atoms with van der Waals surface area (Å²) in [5.41, 5.74) is 1.97. The predicted octanol–water partition coefficient (Wildman–Crippen LogP) is 4.99. The van der Waals surface area contributed by atoms with E-state index in [-0.39, 0.29) is 22.9 Å². The van der Waals surface area contributed by atoms with Crippen LogP contribution in [0.5, 0.6) is 0 Å². The fourth-order valence-corrected chi connectivity index (χ4v) is 5.91. The third kappa shape index (κ3) is 5.87. The Morgan fingerprint density at radius 3 is 2.47 bits per heavy atom. The molecular formula is C25H21Cl2FN2O5S. The highest BCUT2D eigenvalue weighted by Gasteiger charge is 2.37. The summed E-state index contributed by atoms with van der Waals surface area (Å²) in [4.78, 5) is 24.9. The normalized spacial score (nSPS) is 15.7. The maximum absolute atomic E-state index is 13.4. The lowest BCUT2D eigenvalue weighted by Gasteiger charge is -2.36. The highest BCUT2D eigenvalue weighted by atomic mass is 35.5. The Hall–Kier alpha value is -2.98. The summed E-state index contributed by atoms with van der Waals surface area (Å²) in [6.07, 6.45) is 0.145. The molecule has 3 aromatic rings. The van der Waals surface area contributed by atoms with Gasteiger partial charge in [0, 0.05) is 12.2 Å². The molecule has 0 aliphatic carbocycles. The number of hydrogen-bond acceptors (Lipinski definition) is 5. The number of rotatable bonds is 7. The second-order valence-electron chi connectivity index (χ2n) is 8.08. The zero-order valence-corrected chi connectivity index (χ0v) is 21.1. The number of carbonyl (C=O) groups excluding carboxylic acids is 2. The third-order valence-electron chi connectivity index (χ3n) is 5.71. The summed E-state index contributed by atoms with van der Waals surface area (Å²) >= 11 is 11.8. The van der Waals surface area contributed by atoms with Crippen molar-refractivity contribution in [2.45, 2.75) is 23.8 Å². The van der Waals surface area contributed by atoms with Gasteiger partial charge in [0.15, 0.2) is 6.61 Å². The molecule has 0 saturated carbocycles. The van der Waals surface area contributed by atoms with E-state index in [1.165, 1.54) is 28.6 Å². The molecule has 0 spiro atoms. The fourth-order valence-electron chi connectivity index (χ4n) is 4.00. The van der Waals surface area contributed by atoms with Crippen molar-refractivity contribution in [2.24, 2.45) is 0 Å². The molecule has 0 fully saturated rings. The number of nitrogens with one attached hydrogen (secondary N) is 1. The first-order valence-corrected chi connectivity index (χ1v) is 13.1. The second-order valence-corrected chi connectivity index (χ2v) is 10.8. The van der Waals surface area contributed by atoms with Crippen LogP contribution in [0.3, 0.4) is 0 Å². The maximum Gasteiger partial charge on any atom is 0.308 e. The molecule has 1 atom stereocenters. The van der Waals surface area contributed by atoms with Crippen molar-refractivity contribution in [1.82, 2.24) is 4.31 Å². The molecule has 1 aliphatic rings. The lowest BCUT2D eigenvalue weighted by molar-refractivity contribution is -0.148. The number of anilines is 1. The number of ether oxygens (including phenoxy) is 1. The number of benzene rings is 3. The van der Waals surface area contributed by atoms with Gasteiger partial charge >= 0.3 is 5.97 Å². The fraction of sp³-hybridized carbons (Fsp3) is 0.200. The van der Waals surface area contributed by atoms with Crippen molar-refractivity contribution in [3.63, 3.8) is 0 Å². The molecule has 3 aromatic carbocycles. The molecule has 1 amide bonds. The summed E-state index contributed by atoms with van der Waals surface area (Å²) in [5.74, 6) is -1.90. The van der Waals surface area contributed by atoms with E-state index < -0.39 is 40.4 Å². The van der Waals surface area contributed by atoms with E-state index in [0.29, 0.717) is 22.7 Å². The van der Waals surface area contributed by atoms with Crippen molar-refractivity contribution in [1.29, 1.82) is 0 Å². The van der Waals surface area contributed by atoms with Gasteiger partial charge in [-0.25, -0.2) is 12.8 Å². The molecular weight excluding hydrogens is 530 g/mol. The van der Waals surface area contributed by atoms with Crippen LogP contribution < -0.4 is 5.32 Å². The molecule has 0 aromatic heterocycles. The summed E-state index contributed by atoms with van der Waals surface area (Å²) in [5, 5.41) is 3.13. The first kappa shape index (κ1) is 26.1. The van der Waals surface area contributed by atoms with Crippen LogP contribution in [0.1, 0.15) is 23.6 Å². The zero-order valence-electron chi connectivity index (χ0n) is 18.8. The first-order chi connectivity index (χ1) is 17.1. The molecule has 4 rings (SSSR count). The Labute approximate surface area is 217 Å². The van der Waals surface area contributed by atoms with Crippen LogP contribution in [0, 0.1) is 5.82 Å². The molecule has 1 heterocycles. The summed E-state index contributed by atoms with van der Waals surface area (Å²) in [6, 6.07) is 15.4. The average molecular weight is 551 g/mol. The highest BCUT2D eigenvalue weighted by molar-refractivity contribution is 7.89. The molecule has 1 aliphatic heterocycles. The van der Waals surface area contributed by atoms with Crippen LogP contribution in [0.4, 0.5) is 10.1 Å². The Kier molecular flexibility index (Phi) is 7.94. The van der Waals surface area contributed by atoms with Gasteiger partial charge in [0.25, 0.3) is 5.91 Å². The summed E-state index contributed by atoms with van der Waals surface area (Å²) in [7, 11) is -4.04. The average Bonchev–Trinajstić information content (AvgIpc) is 2.85. The number of amides is 1. The van der Waals surface area contributed by atoms with Gasteiger partial charge in [-0.05, 0) is 60.0 Å². The Balaban J connectivity index is 1.49. The van der Waals surface area contributed by atoms with E-state index in [1.54, 1.807) is 18.2 Å². The first-order valence-electron chi connectivity index (χ1n) is 10.9. The smallest absolute Gasteiger partial charge is 0.308 e. The van der Waals surface area contributed by atoms with Gasteiger partial charge in [0.2, 0.25) is 10.0 Å². The van der Waals surface area contributed by atoms with E-state index in [2.05, 4.69) is 5.32 Å². The summed E-state index contributed by atoms with van der Waals surface area (Å²) in [6.45, 7) is -0.440. The van der Waals surface area contributed by atoms with Crippen LogP contribution in [0.2, 0.25) is 10.0 Å². The van der Waals surface area contributed by atoms with Crippen LogP contribution in [0.25, 0.3) is 0 Å². The summed E-state index contributed by atoms with van der Waals surface area (Å²) < 4.78 is 46.5. The quantitative estimate of drug-likeness (QED) is 0.418. The maximum atomic E-state index is 13.4. The lowest BCUT2D eigenvalue weighted by Crippen LogP contribution is -2.41. The highest BCUT2D eigenvalue weighted by Crippen LogP contribution is 2.36. The third-order valence-corrected chi connectivity index (χ3v) is 8.37. The Morgan fingerprint density at radius 1 is 1.03 bits per heavy atom. The van der Waals surface area contributed by atoms with E-state index in [1.807, 2.05) is 12.1 Å². The largest absolute Gasteiger partial charge is 0.456 e. The zero-order chi connectivity index (χ0) is 25.9. The van der Waals surface area contributed by atoms with Gasteiger partial charge in [-0.15, -0.1) is 0 Å². The van der Waals surface area contributed by atoms with E-state index in [9.17, 15) is 22.4 Å². The number of nitrogens with zero attached hydrogens (tertiary/aromatic N) is 1.